The van der Waals surface area contributed by atoms with E-state index in [1.54, 1.807) is 4.90 Å². The van der Waals surface area contributed by atoms with Crippen molar-refractivity contribution in [2.24, 2.45) is 11.7 Å². The summed E-state index contributed by atoms with van der Waals surface area (Å²) in [4.78, 5) is 13.6. The highest BCUT2D eigenvalue weighted by Gasteiger charge is 2.26. The third kappa shape index (κ3) is 4.00. The lowest BCUT2D eigenvalue weighted by atomic mass is 9.98. The smallest absolute Gasteiger partial charge is 0.410 e. The van der Waals surface area contributed by atoms with E-state index in [1.807, 2.05) is 20.8 Å². The molecular weight excluding hydrogens is 204 g/mol. The van der Waals surface area contributed by atoms with E-state index in [9.17, 15) is 4.79 Å². The fraction of sp³-hybridized carbons (Fsp3) is 0.917. The molecule has 0 spiro atoms. The average Bonchev–Trinajstić information content (AvgIpc) is 2.28. The van der Waals surface area contributed by atoms with E-state index in [0.29, 0.717) is 12.5 Å². The van der Waals surface area contributed by atoms with E-state index in [0.717, 1.165) is 19.4 Å². The van der Waals surface area contributed by atoms with Crippen molar-refractivity contribution in [2.75, 3.05) is 13.1 Å². The number of rotatable bonds is 0. The van der Waals surface area contributed by atoms with Crippen molar-refractivity contribution in [3.05, 3.63) is 0 Å². The molecule has 1 heterocycles. The van der Waals surface area contributed by atoms with E-state index in [1.165, 1.54) is 0 Å². The zero-order valence-electron chi connectivity index (χ0n) is 10.8. The molecule has 4 nitrogen and oxygen atoms in total. The van der Waals surface area contributed by atoms with Crippen LogP contribution in [0.5, 0.6) is 0 Å². The lowest BCUT2D eigenvalue weighted by Gasteiger charge is -2.26. The summed E-state index contributed by atoms with van der Waals surface area (Å²) in [6, 6.07) is 0.201. The van der Waals surface area contributed by atoms with Crippen LogP contribution in [0.15, 0.2) is 0 Å². The van der Waals surface area contributed by atoms with E-state index < -0.39 is 5.60 Å². The summed E-state index contributed by atoms with van der Waals surface area (Å²) in [5.74, 6) is 0.479. The Balaban J connectivity index is 2.51. The molecule has 1 rings (SSSR count). The summed E-state index contributed by atoms with van der Waals surface area (Å²) in [6.07, 6.45) is 1.61. The number of nitrogens with two attached hydrogens (primary N) is 1. The second-order valence-corrected chi connectivity index (χ2v) is 5.69. The van der Waals surface area contributed by atoms with Crippen LogP contribution in [-0.4, -0.2) is 35.7 Å². The summed E-state index contributed by atoms with van der Waals surface area (Å²) in [6.45, 7) is 9.26. The molecule has 94 valence electrons. The number of hydrogen-bond donors (Lipinski definition) is 1. The summed E-state index contributed by atoms with van der Waals surface area (Å²) < 4.78 is 5.35. The monoisotopic (exact) mass is 228 g/mol. The first-order valence-corrected chi connectivity index (χ1v) is 6.03. The highest BCUT2D eigenvalue weighted by atomic mass is 16.6. The van der Waals surface area contributed by atoms with Crippen LogP contribution >= 0.6 is 0 Å². The maximum atomic E-state index is 11.8. The quantitative estimate of drug-likeness (QED) is 0.689. The Hall–Kier alpha value is -0.770. The van der Waals surface area contributed by atoms with Crippen molar-refractivity contribution in [1.82, 2.24) is 4.90 Å². The van der Waals surface area contributed by atoms with Crippen LogP contribution in [0.2, 0.25) is 0 Å². The standard InChI is InChI=1S/C12H24N2O2/c1-9-5-7-14(8-6-10(9)13)11(15)16-12(2,3)4/h9-10H,5-8,13H2,1-4H3. The molecule has 1 aliphatic rings. The number of carbonyl (C=O) groups excluding carboxylic acids is 1. The molecule has 0 saturated carbocycles. The topological polar surface area (TPSA) is 55.6 Å². The van der Waals surface area contributed by atoms with Crippen LogP contribution in [0.4, 0.5) is 4.79 Å². The Bertz CT molecular complexity index is 236. The van der Waals surface area contributed by atoms with Crippen molar-refractivity contribution in [1.29, 1.82) is 0 Å². The molecule has 0 bridgehead atoms. The average molecular weight is 228 g/mol. The van der Waals surface area contributed by atoms with Crippen molar-refractivity contribution in [2.45, 2.75) is 52.2 Å². The van der Waals surface area contributed by atoms with Crippen LogP contribution in [0.3, 0.4) is 0 Å². The van der Waals surface area contributed by atoms with Gasteiger partial charge in [-0.3, -0.25) is 0 Å². The van der Waals surface area contributed by atoms with E-state index in [4.69, 9.17) is 10.5 Å². The van der Waals surface area contributed by atoms with Gasteiger partial charge in [0.25, 0.3) is 0 Å². The minimum Gasteiger partial charge on any atom is -0.444 e. The summed E-state index contributed by atoms with van der Waals surface area (Å²) in [5, 5.41) is 0. The van der Waals surface area contributed by atoms with Gasteiger partial charge in [0.2, 0.25) is 0 Å². The van der Waals surface area contributed by atoms with Gasteiger partial charge in [-0.15, -0.1) is 0 Å². The molecular formula is C12H24N2O2. The molecule has 4 heteroatoms. The SMILES string of the molecule is CC1CCN(C(=O)OC(C)(C)C)CCC1N. The summed E-state index contributed by atoms with van der Waals surface area (Å²) >= 11 is 0. The minimum absolute atomic E-state index is 0.201. The first kappa shape index (κ1) is 13.3. The molecule has 1 saturated heterocycles. The van der Waals surface area contributed by atoms with Crippen LogP contribution in [0.25, 0.3) is 0 Å². The number of amides is 1. The van der Waals surface area contributed by atoms with Gasteiger partial charge in [0.15, 0.2) is 0 Å². The molecule has 0 radical (unpaired) electrons. The lowest BCUT2D eigenvalue weighted by Crippen LogP contribution is -2.37. The zero-order valence-corrected chi connectivity index (χ0v) is 10.8. The van der Waals surface area contributed by atoms with Gasteiger partial charge in [0, 0.05) is 19.1 Å². The van der Waals surface area contributed by atoms with Crippen LogP contribution in [0.1, 0.15) is 40.5 Å². The van der Waals surface area contributed by atoms with Gasteiger partial charge < -0.3 is 15.4 Å². The van der Waals surface area contributed by atoms with Crippen LogP contribution in [0, 0.1) is 5.92 Å². The maximum absolute atomic E-state index is 11.8. The van der Waals surface area contributed by atoms with E-state index in [2.05, 4.69) is 6.92 Å². The Labute approximate surface area is 98.1 Å². The fourth-order valence-corrected chi connectivity index (χ4v) is 1.78. The molecule has 0 aromatic heterocycles. The predicted molar refractivity (Wildman–Crippen MR) is 64.2 cm³/mol. The third-order valence-corrected chi connectivity index (χ3v) is 2.97. The normalized spacial score (nSPS) is 27.4. The summed E-state index contributed by atoms with van der Waals surface area (Å²) in [7, 11) is 0. The highest BCUT2D eigenvalue weighted by molar-refractivity contribution is 5.68. The molecule has 16 heavy (non-hydrogen) atoms. The summed E-state index contributed by atoms with van der Waals surface area (Å²) in [5.41, 5.74) is 5.57. The zero-order chi connectivity index (χ0) is 12.3. The van der Waals surface area contributed by atoms with Gasteiger partial charge >= 0.3 is 6.09 Å². The van der Waals surface area contributed by atoms with Crippen molar-refractivity contribution >= 4 is 6.09 Å². The fourth-order valence-electron chi connectivity index (χ4n) is 1.78. The predicted octanol–water partition coefficient (Wildman–Crippen LogP) is 1.98. The van der Waals surface area contributed by atoms with Gasteiger partial charge in [0.05, 0.1) is 0 Å². The maximum Gasteiger partial charge on any atom is 0.410 e. The van der Waals surface area contributed by atoms with Crippen molar-refractivity contribution < 1.29 is 9.53 Å². The molecule has 1 fully saturated rings. The highest BCUT2D eigenvalue weighted by Crippen LogP contribution is 2.18. The lowest BCUT2D eigenvalue weighted by molar-refractivity contribution is 0.0255. The Morgan fingerprint density at radius 1 is 1.31 bits per heavy atom. The van der Waals surface area contributed by atoms with Gasteiger partial charge in [-0.2, -0.15) is 0 Å². The molecule has 2 N–H and O–H groups in total. The largest absolute Gasteiger partial charge is 0.444 e. The Morgan fingerprint density at radius 2 is 1.88 bits per heavy atom. The number of likely N-dealkylation sites (tertiary alicyclic amines) is 1. The number of carbonyl (C=O) groups is 1. The third-order valence-electron chi connectivity index (χ3n) is 2.97. The molecule has 2 unspecified atom stereocenters. The van der Waals surface area contributed by atoms with Gasteiger partial charge in [-0.1, -0.05) is 6.92 Å². The molecule has 1 amide bonds. The van der Waals surface area contributed by atoms with E-state index in [-0.39, 0.29) is 12.1 Å². The second kappa shape index (κ2) is 5.04. The molecule has 0 aliphatic carbocycles. The van der Waals surface area contributed by atoms with Crippen LogP contribution < -0.4 is 5.73 Å². The molecule has 0 aromatic rings. The van der Waals surface area contributed by atoms with Gasteiger partial charge in [0.1, 0.15) is 5.60 Å². The van der Waals surface area contributed by atoms with Crippen molar-refractivity contribution in [3.63, 3.8) is 0 Å². The number of nitrogens with zero attached hydrogens (tertiary/aromatic N) is 1. The Morgan fingerprint density at radius 3 is 2.44 bits per heavy atom. The van der Waals surface area contributed by atoms with Crippen LogP contribution in [-0.2, 0) is 4.74 Å². The molecule has 0 aromatic carbocycles. The van der Waals surface area contributed by atoms with Gasteiger partial charge in [-0.05, 0) is 39.5 Å². The number of ether oxygens (including phenoxy) is 1. The number of hydrogen-bond acceptors (Lipinski definition) is 3. The Kier molecular flexibility index (Phi) is 4.19. The van der Waals surface area contributed by atoms with E-state index >= 15 is 0 Å². The first-order valence-electron chi connectivity index (χ1n) is 6.03. The molecule has 2 atom stereocenters. The van der Waals surface area contributed by atoms with Gasteiger partial charge in [-0.25, -0.2) is 4.79 Å². The minimum atomic E-state index is -0.420. The molecule has 1 aliphatic heterocycles. The second-order valence-electron chi connectivity index (χ2n) is 5.69. The van der Waals surface area contributed by atoms with Crippen molar-refractivity contribution in [3.8, 4) is 0 Å². The first-order chi connectivity index (χ1) is 7.29.